The number of nitrogens with zero attached hydrogens (tertiary/aromatic N) is 5. The summed E-state index contributed by atoms with van der Waals surface area (Å²) < 4.78 is 43.4. The summed E-state index contributed by atoms with van der Waals surface area (Å²) in [6.45, 7) is 0.185. The van der Waals surface area contributed by atoms with Crippen molar-refractivity contribution in [2.45, 2.75) is 30.7 Å². The molecule has 0 amide bonds. The van der Waals surface area contributed by atoms with Gasteiger partial charge >= 0.3 is 17.3 Å². The van der Waals surface area contributed by atoms with Crippen molar-refractivity contribution in [2.75, 3.05) is 5.75 Å². The summed E-state index contributed by atoms with van der Waals surface area (Å²) in [7, 11) is 0. The van der Waals surface area contributed by atoms with E-state index in [9.17, 15) is 22.8 Å². The average molecular weight is 451 g/mol. The number of aromatic nitrogens is 7. The van der Waals surface area contributed by atoms with Gasteiger partial charge in [-0.3, -0.25) is 14.7 Å². The predicted octanol–water partition coefficient (Wildman–Crippen LogP) is 2.58. The van der Waals surface area contributed by atoms with Crippen molar-refractivity contribution in [3.63, 3.8) is 0 Å². The number of H-pyrrole nitrogens is 2. The van der Waals surface area contributed by atoms with Gasteiger partial charge in [0.15, 0.2) is 5.16 Å². The van der Waals surface area contributed by atoms with Crippen molar-refractivity contribution < 1.29 is 13.2 Å². The Kier molecular flexibility index (Phi) is 5.67. The van der Waals surface area contributed by atoms with Gasteiger partial charge in [0.2, 0.25) is 0 Å². The van der Waals surface area contributed by atoms with Crippen molar-refractivity contribution in [3.05, 3.63) is 63.5 Å². The fourth-order valence-corrected chi connectivity index (χ4v) is 3.96. The minimum absolute atomic E-state index is 0.0585. The van der Waals surface area contributed by atoms with Gasteiger partial charge < -0.3 is 14.1 Å². The first-order chi connectivity index (χ1) is 14.8. The molecule has 0 fully saturated rings. The second-order valence-corrected chi connectivity index (χ2v) is 7.69. The van der Waals surface area contributed by atoms with Gasteiger partial charge in [0, 0.05) is 24.7 Å². The van der Waals surface area contributed by atoms with Crippen LogP contribution in [0.1, 0.15) is 18.4 Å². The maximum atomic E-state index is 13.6. The van der Waals surface area contributed by atoms with Crippen LogP contribution in [0.15, 0.2) is 51.9 Å². The molecule has 0 aliphatic carbocycles. The maximum Gasteiger partial charge on any atom is 0.418 e. The standard InChI is InChI=1S/C18H16F3N7O2S/c19-18(20,21)11-7-12-14(8-13(11)27-5-3-22-10-27)28(16(30)15(29)25-12)4-1-2-6-31-17-23-9-24-26-17/h3,5,7-10H,1-2,4,6H2,(H,25,29)(H,23,24,26). The number of aryl methyl sites for hydroxylation is 1. The Morgan fingerprint density at radius 2 is 2.00 bits per heavy atom. The van der Waals surface area contributed by atoms with Crippen LogP contribution in [0, 0.1) is 0 Å². The number of benzene rings is 1. The minimum atomic E-state index is -4.66. The van der Waals surface area contributed by atoms with Crippen LogP contribution in [-0.2, 0) is 12.7 Å². The van der Waals surface area contributed by atoms with E-state index in [2.05, 4.69) is 25.1 Å². The third kappa shape index (κ3) is 4.40. The lowest BCUT2D eigenvalue weighted by Crippen LogP contribution is -2.36. The smallest absolute Gasteiger partial charge is 0.316 e. The number of hydrogen-bond acceptors (Lipinski definition) is 6. The van der Waals surface area contributed by atoms with E-state index < -0.39 is 22.9 Å². The Morgan fingerprint density at radius 3 is 2.68 bits per heavy atom. The lowest BCUT2D eigenvalue weighted by atomic mass is 10.1. The summed E-state index contributed by atoms with van der Waals surface area (Å²) in [5, 5.41) is 7.15. The largest absolute Gasteiger partial charge is 0.418 e. The highest BCUT2D eigenvalue weighted by molar-refractivity contribution is 7.99. The highest BCUT2D eigenvalue weighted by Gasteiger charge is 2.35. The molecule has 1 aromatic carbocycles. The number of nitrogens with one attached hydrogen (secondary N) is 2. The maximum absolute atomic E-state index is 13.6. The van der Waals surface area contributed by atoms with Gasteiger partial charge in [-0.05, 0) is 25.0 Å². The molecule has 3 heterocycles. The Hall–Kier alpha value is -3.35. The van der Waals surface area contributed by atoms with E-state index in [-0.39, 0.29) is 23.3 Å². The van der Waals surface area contributed by atoms with Gasteiger partial charge in [-0.1, -0.05) is 11.8 Å². The third-order valence-electron chi connectivity index (χ3n) is 4.59. The molecule has 0 saturated carbocycles. The molecule has 13 heteroatoms. The van der Waals surface area contributed by atoms with Crippen LogP contribution in [0.2, 0.25) is 0 Å². The zero-order chi connectivity index (χ0) is 22.0. The topological polar surface area (TPSA) is 114 Å². The van der Waals surface area contributed by atoms with Gasteiger partial charge in [-0.2, -0.15) is 18.3 Å². The summed E-state index contributed by atoms with van der Waals surface area (Å²) in [6.07, 6.45) is 1.95. The molecule has 0 aliphatic rings. The number of thioether (sulfide) groups is 1. The Balaban J connectivity index is 1.69. The average Bonchev–Trinajstić information content (AvgIpc) is 3.43. The van der Waals surface area contributed by atoms with Gasteiger partial charge in [-0.15, -0.1) is 0 Å². The number of unbranched alkanes of at least 4 members (excludes halogenated alkanes) is 1. The molecule has 0 atom stereocenters. The van der Waals surface area contributed by atoms with Crippen molar-refractivity contribution in [3.8, 4) is 5.69 Å². The second kappa shape index (κ2) is 8.41. The molecular formula is C18H16F3N7O2S. The number of alkyl halides is 3. The van der Waals surface area contributed by atoms with Crippen LogP contribution in [0.5, 0.6) is 0 Å². The van der Waals surface area contributed by atoms with Gasteiger partial charge in [0.25, 0.3) is 0 Å². The molecule has 31 heavy (non-hydrogen) atoms. The molecule has 0 radical (unpaired) electrons. The van der Waals surface area contributed by atoms with Crippen LogP contribution >= 0.6 is 11.8 Å². The molecular weight excluding hydrogens is 435 g/mol. The zero-order valence-corrected chi connectivity index (χ0v) is 16.7. The third-order valence-corrected chi connectivity index (χ3v) is 5.55. The Morgan fingerprint density at radius 1 is 1.16 bits per heavy atom. The van der Waals surface area contributed by atoms with Crippen LogP contribution < -0.4 is 11.1 Å². The molecule has 0 aliphatic heterocycles. The number of fused-ring (bicyclic) bond motifs is 1. The van der Waals surface area contributed by atoms with Crippen LogP contribution in [0.4, 0.5) is 13.2 Å². The van der Waals surface area contributed by atoms with Gasteiger partial charge in [-0.25, -0.2) is 9.97 Å². The molecule has 0 bridgehead atoms. The molecule has 2 N–H and O–H groups in total. The van der Waals surface area contributed by atoms with Gasteiger partial charge in [0.05, 0.1) is 28.6 Å². The van der Waals surface area contributed by atoms with E-state index >= 15 is 0 Å². The van der Waals surface area contributed by atoms with Crippen LogP contribution in [-0.4, -0.2) is 40.0 Å². The van der Waals surface area contributed by atoms with E-state index in [0.29, 0.717) is 23.8 Å². The number of aromatic amines is 2. The minimum Gasteiger partial charge on any atom is -0.316 e. The summed E-state index contributed by atoms with van der Waals surface area (Å²) in [4.78, 5) is 34.6. The lowest BCUT2D eigenvalue weighted by molar-refractivity contribution is -0.137. The summed E-state index contributed by atoms with van der Waals surface area (Å²) >= 11 is 1.46. The van der Waals surface area contributed by atoms with Crippen molar-refractivity contribution in [1.82, 2.24) is 34.3 Å². The second-order valence-electron chi connectivity index (χ2n) is 6.61. The summed E-state index contributed by atoms with van der Waals surface area (Å²) in [5.74, 6) is 0.698. The van der Waals surface area contributed by atoms with Gasteiger partial charge in [0.1, 0.15) is 6.33 Å². The highest BCUT2D eigenvalue weighted by Crippen LogP contribution is 2.35. The number of rotatable bonds is 7. The predicted molar refractivity (Wildman–Crippen MR) is 107 cm³/mol. The molecule has 0 unspecified atom stereocenters. The van der Waals surface area contributed by atoms with E-state index in [1.54, 1.807) is 0 Å². The molecule has 0 spiro atoms. The van der Waals surface area contributed by atoms with E-state index in [0.717, 1.165) is 6.07 Å². The summed E-state index contributed by atoms with van der Waals surface area (Å²) in [6, 6.07) is 2.10. The first-order valence-corrected chi connectivity index (χ1v) is 10.2. The zero-order valence-electron chi connectivity index (χ0n) is 15.9. The van der Waals surface area contributed by atoms with Crippen molar-refractivity contribution in [2.24, 2.45) is 0 Å². The van der Waals surface area contributed by atoms with E-state index in [4.69, 9.17) is 0 Å². The first kappa shape index (κ1) is 20.9. The van der Waals surface area contributed by atoms with Crippen molar-refractivity contribution in [1.29, 1.82) is 0 Å². The quantitative estimate of drug-likeness (QED) is 0.254. The molecule has 4 rings (SSSR count). The van der Waals surface area contributed by atoms with Crippen molar-refractivity contribution >= 4 is 22.8 Å². The fourth-order valence-electron chi connectivity index (χ4n) is 3.18. The number of hydrogen-bond donors (Lipinski definition) is 2. The number of imidazole rings is 1. The van der Waals surface area contributed by atoms with E-state index in [1.807, 2.05) is 0 Å². The normalized spacial score (nSPS) is 12.0. The molecule has 4 aromatic rings. The fraction of sp³-hybridized carbons (Fsp3) is 0.278. The summed E-state index contributed by atoms with van der Waals surface area (Å²) in [5.41, 5.74) is -2.75. The van der Waals surface area contributed by atoms with Crippen LogP contribution in [0.25, 0.3) is 16.7 Å². The van der Waals surface area contributed by atoms with Crippen LogP contribution in [0.3, 0.4) is 0 Å². The number of halogens is 3. The molecule has 0 saturated heterocycles. The first-order valence-electron chi connectivity index (χ1n) is 9.19. The monoisotopic (exact) mass is 451 g/mol. The Labute approximate surface area is 176 Å². The molecule has 9 nitrogen and oxygen atoms in total. The lowest BCUT2D eigenvalue weighted by Gasteiger charge is -2.17. The van der Waals surface area contributed by atoms with E-state index in [1.165, 1.54) is 52.0 Å². The Bertz CT molecular complexity index is 1290. The SMILES string of the molecule is O=c1[nH]c2cc(C(F)(F)F)c(-n3ccnc3)cc2n(CCCCSc2ncn[nH]2)c1=O. The molecule has 3 aromatic heterocycles. The highest BCUT2D eigenvalue weighted by atomic mass is 32.2. The molecule has 162 valence electrons.